The lowest BCUT2D eigenvalue weighted by Gasteiger charge is -2.33. The molecule has 41 heavy (non-hydrogen) atoms. The van der Waals surface area contributed by atoms with Crippen molar-refractivity contribution in [2.24, 2.45) is 0 Å². The molecule has 0 spiro atoms. The number of anilines is 1. The first-order valence-electron chi connectivity index (χ1n) is 13.0. The van der Waals surface area contributed by atoms with Gasteiger partial charge in [-0.1, -0.05) is 61.5 Å². The van der Waals surface area contributed by atoms with Crippen molar-refractivity contribution in [2.45, 2.75) is 39.3 Å². The highest BCUT2D eigenvalue weighted by molar-refractivity contribution is 7.92. The summed E-state index contributed by atoms with van der Waals surface area (Å²) in [6.07, 6.45) is 1.61. The van der Waals surface area contributed by atoms with Crippen LogP contribution >= 0.6 is 0 Å². The Balaban J connectivity index is 2.10. The molecule has 3 aromatic rings. The third kappa shape index (κ3) is 8.34. The first-order chi connectivity index (χ1) is 19.4. The molecular weight excluding hydrogens is 551 g/mol. The highest BCUT2D eigenvalue weighted by Crippen LogP contribution is 2.28. The van der Waals surface area contributed by atoms with Crippen LogP contribution in [0.2, 0.25) is 0 Å². The van der Waals surface area contributed by atoms with Gasteiger partial charge in [-0.05, 0) is 30.5 Å². The molecule has 0 fully saturated rings. The van der Waals surface area contributed by atoms with Crippen LogP contribution in [-0.2, 0) is 32.6 Å². The Labute approximate surface area is 239 Å². The first-order valence-corrected chi connectivity index (χ1v) is 14.8. The number of nitro benzene ring substituents is 1. The maximum Gasteiger partial charge on any atom is 0.271 e. The average Bonchev–Trinajstić information content (AvgIpc) is 2.93. The number of sulfonamides is 1. The van der Waals surface area contributed by atoms with Crippen LogP contribution in [0.5, 0.6) is 0 Å². The van der Waals surface area contributed by atoms with Crippen LogP contribution in [0.25, 0.3) is 0 Å². The van der Waals surface area contributed by atoms with Crippen molar-refractivity contribution in [2.75, 3.05) is 23.7 Å². The molecule has 1 atom stereocenters. The molecule has 0 bridgehead atoms. The topological polar surface area (TPSA) is 130 Å². The summed E-state index contributed by atoms with van der Waals surface area (Å²) in [6.45, 7) is 2.71. The molecule has 0 aliphatic heterocycles. The molecular formula is C29H33FN4O6S. The van der Waals surface area contributed by atoms with Gasteiger partial charge >= 0.3 is 0 Å². The van der Waals surface area contributed by atoms with E-state index in [9.17, 15) is 32.5 Å². The van der Waals surface area contributed by atoms with Gasteiger partial charge in [0.2, 0.25) is 21.8 Å². The summed E-state index contributed by atoms with van der Waals surface area (Å²) in [5.74, 6) is -1.85. The number of hydrogen-bond acceptors (Lipinski definition) is 6. The van der Waals surface area contributed by atoms with E-state index >= 15 is 0 Å². The van der Waals surface area contributed by atoms with Gasteiger partial charge in [-0.3, -0.25) is 24.0 Å². The number of carbonyl (C=O) groups is 2. The normalized spacial score (nSPS) is 11.9. The largest absolute Gasteiger partial charge is 0.354 e. The lowest BCUT2D eigenvalue weighted by Crippen LogP contribution is -2.53. The third-order valence-electron chi connectivity index (χ3n) is 6.47. The van der Waals surface area contributed by atoms with E-state index in [1.807, 2.05) is 13.0 Å². The minimum Gasteiger partial charge on any atom is -0.354 e. The molecule has 3 aromatic carbocycles. The van der Waals surface area contributed by atoms with E-state index in [1.54, 1.807) is 37.3 Å². The minimum absolute atomic E-state index is 0.0454. The minimum atomic E-state index is -4.12. The average molecular weight is 585 g/mol. The number of nitrogens with one attached hydrogen (secondary N) is 1. The number of benzene rings is 3. The predicted octanol–water partition coefficient (Wildman–Crippen LogP) is 3.97. The van der Waals surface area contributed by atoms with Crippen LogP contribution < -0.4 is 9.62 Å². The van der Waals surface area contributed by atoms with Crippen molar-refractivity contribution in [1.82, 2.24) is 10.2 Å². The summed E-state index contributed by atoms with van der Waals surface area (Å²) in [5, 5.41) is 14.2. The molecule has 3 rings (SSSR count). The summed E-state index contributed by atoms with van der Waals surface area (Å²) in [7, 11) is -4.12. The second-order valence-corrected chi connectivity index (χ2v) is 11.5. The van der Waals surface area contributed by atoms with Crippen LogP contribution in [-0.4, -0.2) is 55.4 Å². The first kappa shape index (κ1) is 31.2. The standard InChI is InChI=1S/C29H33FN4O6S/c1-4-16-31-29(36)27(17-22-10-6-5-7-11-22)32(19-23-12-8-9-13-25(23)30)28(35)20-33(41(3,39)40)26-18-24(34(37)38)15-14-21(26)2/h5-15,18,27H,4,16-17,19-20H2,1-3H3,(H,31,36)/t27-/m0/s1. The summed E-state index contributed by atoms with van der Waals surface area (Å²) < 4.78 is 41.4. The summed E-state index contributed by atoms with van der Waals surface area (Å²) >= 11 is 0. The second-order valence-electron chi connectivity index (χ2n) is 9.61. The van der Waals surface area contributed by atoms with Gasteiger partial charge in [-0.2, -0.15) is 0 Å². The Morgan fingerprint density at radius 2 is 1.71 bits per heavy atom. The smallest absolute Gasteiger partial charge is 0.271 e. The molecule has 218 valence electrons. The van der Waals surface area contributed by atoms with Crippen LogP contribution in [0.15, 0.2) is 72.8 Å². The van der Waals surface area contributed by atoms with Gasteiger partial charge in [-0.15, -0.1) is 0 Å². The third-order valence-corrected chi connectivity index (χ3v) is 7.60. The Kier molecular flexibility index (Phi) is 10.5. The molecule has 0 aliphatic rings. The predicted molar refractivity (Wildman–Crippen MR) is 154 cm³/mol. The number of nitro groups is 1. The molecule has 0 saturated carbocycles. The number of halogens is 1. The van der Waals surface area contributed by atoms with Gasteiger partial charge in [0.1, 0.15) is 18.4 Å². The van der Waals surface area contributed by atoms with Crippen LogP contribution in [0.1, 0.15) is 30.0 Å². The molecule has 2 amide bonds. The molecule has 0 unspecified atom stereocenters. The van der Waals surface area contributed by atoms with Gasteiger partial charge < -0.3 is 10.2 Å². The fourth-order valence-electron chi connectivity index (χ4n) is 4.30. The quantitative estimate of drug-likeness (QED) is 0.239. The Hall–Kier alpha value is -4.32. The van der Waals surface area contributed by atoms with Crippen LogP contribution in [0.4, 0.5) is 15.8 Å². The SMILES string of the molecule is CCCNC(=O)[C@H](Cc1ccccc1)N(Cc1ccccc1F)C(=O)CN(c1cc([N+](=O)[O-])ccc1C)S(C)(=O)=O. The number of amides is 2. The highest BCUT2D eigenvalue weighted by atomic mass is 32.2. The fraction of sp³-hybridized carbons (Fsp3) is 0.310. The van der Waals surface area contributed by atoms with Crippen molar-refractivity contribution < 1.29 is 27.3 Å². The second kappa shape index (κ2) is 13.8. The molecule has 0 aliphatic carbocycles. The maximum absolute atomic E-state index is 14.8. The monoisotopic (exact) mass is 584 g/mol. The zero-order valence-electron chi connectivity index (χ0n) is 23.1. The van der Waals surface area contributed by atoms with Crippen molar-refractivity contribution in [1.29, 1.82) is 0 Å². The number of rotatable bonds is 13. The van der Waals surface area contributed by atoms with Gasteiger partial charge in [0.15, 0.2) is 0 Å². The van der Waals surface area contributed by atoms with Crippen molar-refractivity contribution in [3.63, 3.8) is 0 Å². The van der Waals surface area contributed by atoms with Crippen molar-refractivity contribution in [3.8, 4) is 0 Å². The van der Waals surface area contributed by atoms with Gasteiger partial charge in [-0.25, -0.2) is 12.8 Å². The zero-order valence-corrected chi connectivity index (χ0v) is 23.9. The summed E-state index contributed by atoms with van der Waals surface area (Å²) in [6, 6.07) is 17.4. The van der Waals surface area contributed by atoms with E-state index in [4.69, 9.17) is 0 Å². The highest BCUT2D eigenvalue weighted by Gasteiger charge is 2.34. The molecule has 0 radical (unpaired) electrons. The van der Waals surface area contributed by atoms with Gasteiger partial charge in [0.25, 0.3) is 5.69 Å². The number of hydrogen-bond donors (Lipinski definition) is 1. The fourth-order valence-corrected chi connectivity index (χ4v) is 5.20. The molecule has 12 heteroatoms. The van der Waals surface area contributed by atoms with Crippen molar-refractivity contribution in [3.05, 3.63) is 105 Å². The maximum atomic E-state index is 14.8. The van der Waals surface area contributed by atoms with E-state index in [0.29, 0.717) is 18.5 Å². The van der Waals surface area contributed by atoms with Gasteiger partial charge in [0.05, 0.1) is 16.9 Å². The van der Waals surface area contributed by atoms with Gasteiger partial charge in [0, 0.05) is 37.2 Å². The summed E-state index contributed by atoms with van der Waals surface area (Å²) in [5.41, 5.74) is 0.868. The lowest BCUT2D eigenvalue weighted by atomic mass is 10.0. The summed E-state index contributed by atoms with van der Waals surface area (Å²) in [4.78, 5) is 39.4. The molecule has 10 nitrogen and oxygen atoms in total. The van der Waals surface area contributed by atoms with Crippen molar-refractivity contribution >= 4 is 33.2 Å². The lowest BCUT2D eigenvalue weighted by molar-refractivity contribution is -0.384. The molecule has 0 aromatic heterocycles. The zero-order chi connectivity index (χ0) is 30.2. The Morgan fingerprint density at radius 1 is 1.05 bits per heavy atom. The van der Waals surface area contributed by atoms with E-state index in [-0.39, 0.29) is 29.9 Å². The number of aryl methyl sites for hydroxylation is 1. The molecule has 0 heterocycles. The van der Waals surface area contributed by atoms with E-state index in [2.05, 4.69) is 5.32 Å². The Morgan fingerprint density at radius 3 is 2.32 bits per heavy atom. The number of non-ortho nitro benzene ring substituents is 1. The number of nitrogens with zero attached hydrogens (tertiary/aromatic N) is 3. The van der Waals surface area contributed by atoms with E-state index in [1.165, 1.54) is 35.2 Å². The molecule has 1 N–H and O–H groups in total. The molecule has 0 saturated heterocycles. The van der Waals surface area contributed by atoms with E-state index in [0.717, 1.165) is 22.2 Å². The van der Waals surface area contributed by atoms with Crippen LogP contribution in [0.3, 0.4) is 0 Å². The number of carbonyl (C=O) groups excluding carboxylic acids is 2. The van der Waals surface area contributed by atoms with Crippen LogP contribution in [0, 0.1) is 22.9 Å². The van der Waals surface area contributed by atoms with E-state index < -0.39 is 45.2 Å². The Bertz CT molecular complexity index is 1500.